The lowest BCUT2D eigenvalue weighted by atomic mass is 9.83. The van der Waals surface area contributed by atoms with Gasteiger partial charge in [-0.05, 0) is 153 Å². The van der Waals surface area contributed by atoms with Gasteiger partial charge in [0, 0.05) is 47.8 Å². The van der Waals surface area contributed by atoms with Crippen LogP contribution in [0.5, 0.6) is 0 Å². The van der Waals surface area contributed by atoms with Crippen molar-refractivity contribution in [3.8, 4) is 0 Å². The van der Waals surface area contributed by atoms with E-state index in [1.54, 1.807) is 30.1 Å². The van der Waals surface area contributed by atoms with Crippen molar-refractivity contribution < 1.29 is 0 Å². The molecule has 0 atom stereocenters. The maximum atomic E-state index is 4.28. The van der Waals surface area contributed by atoms with Crippen molar-refractivity contribution >= 4 is 49.2 Å². The minimum atomic E-state index is 0. The zero-order chi connectivity index (χ0) is 64.7. The summed E-state index contributed by atoms with van der Waals surface area (Å²) < 4.78 is 1.29. The minimum Gasteiger partial charge on any atom is -0.348 e. The number of likely N-dealkylation sites (N-methyl/N-ethyl adjacent to an activating group) is 1. The number of anilines is 1. The van der Waals surface area contributed by atoms with Gasteiger partial charge in [0.15, 0.2) is 0 Å². The topological polar surface area (TPSA) is 92.4 Å². The molecule has 0 radical (unpaired) electrons. The first-order chi connectivity index (χ1) is 41.4. The quantitative estimate of drug-likeness (QED) is 0.170. The predicted molar refractivity (Wildman–Crippen MR) is 386 cm³/mol. The number of aryl methyl sites for hydroxylation is 2. The number of benzene rings is 7. The highest BCUT2D eigenvalue weighted by Gasteiger charge is 2.37. The molecule has 8 nitrogen and oxygen atoms in total. The first-order valence-corrected chi connectivity index (χ1v) is 32.3. The van der Waals surface area contributed by atoms with E-state index >= 15 is 0 Å². The van der Waals surface area contributed by atoms with Crippen LogP contribution >= 0.6 is 11.3 Å². The fraction of sp³-hybridized carbons (Fsp3) is 0.388. The number of hydrogen-bond acceptors (Lipinski definition) is 9. The van der Waals surface area contributed by atoms with E-state index < -0.39 is 0 Å². The largest absolute Gasteiger partial charge is 0.348 e. The van der Waals surface area contributed by atoms with Crippen molar-refractivity contribution in [2.24, 2.45) is 9.98 Å². The smallest absolute Gasteiger partial charge is 0.130 e. The monoisotopic (exact) mass is 1210 g/mol. The molecule has 0 bridgehead atoms. The molecule has 2 aliphatic heterocycles. The lowest BCUT2D eigenvalue weighted by Gasteiger charge is -2.22. The Bertz CT molecular complexity index is 3850. The van der Waals surface area contributed by atoms with Gasteiger partial charge in [-0.15, -0.1) is 11.3 Å². The third kappa shape index (κ3) is 20.4. The van der Waals surface area contributed by atoms with E-state index in [2.05, 4.69) is 319 Å². The van der Waals surface area contributed by atoms with Gasteiger partial charge >= 0.3 is 0 Å². The van der Waals surface area contributed by atoms with E-state index in [0.717, 1.165) is 38.2 Å². The molecule has 3 aromatic heterocycles. The van der Waals surface area contributed by atoms with Crippen LogP contribution in [-0.4, -0.2) is 38.6 Å². The molecule has 7 aromatic carbocycles. The molecular formula is C80H104N8S. The van der Waals surface area contributed by atoms with Crippen molar-refractivity contribution in [2.75, 3.05) is 18.6 Å². The molecule has 0 aliphatic carbocycles. The number of nitrogens with zero attached hydrogens (tertiary/aromatic N) is 8. The number of hydrogen-bond donors (Lipinski definition) is 0. The highest BCUT2D eigenvalue weighted by atomic mass is 32.1. The van der Waals surface area contributed by atoms with Gasteiger partial charge in [-0.1, -0.05) is 235 Å². The van der Waals surface area contributed by atoms with Crippen molar-refractivity contribution in [1.29, 1.82) is 0 Å². The van der Waals surface area contributed by atoms with E-state index in [1.165, 1.54) is 71.7 Å². The molecule has 0 N–H and O–H groups in total. The summed E-state index contributed by atoms with van der Waals surface area (Å²) in [5.41, 5.74) is 22.8. The third-order valence-electron chi connectivity index (χ3n) is 16.2. The van der Waals surface area contributed by atoms with Crippen molar-refractivity contribution in [3.63, 3.8) is 0 Å². The van der Waals surface area contributed by atoms with E-state index in [1.807, 2.05) is 23.8 Å². The second-order valence-electron chi connectivity index (χ2n) is 27.3. The number of aromatic nitrogens is 5. The average Bonchev–Trinajstić information content (AvgIpc) is 1.65. The van der Waals surface area contributed by atoms with Crippen LogP contribution in [0.4, 0.5) is 5.69 Å². The molecule has 12 rings (SSSR count). The van der Waals surface area contributed by atoms with E-state index in [4.69, 9.17) is 0 Å². The Kier molecular flexibility index (Phi) is 26.0. The van der Waals surface area contributed by atoms with E-state index in [9.17, 15) is 0 Å². The second kappa shape index (κ2) is 32.1. The van der Waals surface area contributed by atoms with Gasteiger partial charge in [0.05, 0.1) is 43.0 Å². The van der Waals surface area contributed by atoms with Crippen LogP contribution < -0.4 is 15.6 Å². The molecule has 0 saturated carbocycles. The average molecular weight is 1210 g/mol. The molecule has 0 spiro atoms. The molecule has 9 heteroatoms. The summed E-state index contributed by atoms with van der Waals surface area (Å²) in [5.74, 6) is 2.87. The Hall–Kier alpha value is -7.75. The Morgan fingerprint density at radius 3 is 1.47 bits per heavy atom. The minimum absolute atomic E-state index is 0. The standard InChI is InChI=1S/C15H21N.2C11H12N2.2C11H16.C10H12N2.C10H11NS.CH4/c1-10(2)12-7-8-14-13(9-12)15(4,5)11(3)16(14)6;1-8(2)9-3-4-11-10(5-9)6-12-7-13-11;1-8(2)9-3-4-10-11(7-9)13-6-5-12-10;2*1-9-5-7-10(8-6-9)11(2,3)4;2*1-7(2)8-3-4-9-10(5-8)12-6-11-9;/h7-10H,3H2,1-2,4-6H3;2*3-8H,1-2H3;2*5-8H,1-4H3;3-5,7H,6H2,1-2H3;3-7H,1-2H3;1H4. The lowest BCUT2D eigenvalue weighted by molar-refractivity contribution is 0.590. The van der Waals surface area contributed by atoms with Gasteiger partial charge in [0.2, 0.25) is 0 Å². The zero-order valence-corrected chi connectivity index (χ0v) is 57.8. The van der Waals surface area contributed by atoms with Gasteiger partial charge < -0.3 is 4.90 Å². The van der Waals surface area contributed by atoms with Gasteiger partial charge in [0.25, 0.3) is 0 Å². The number of allylic oxidation sites excluding steroid dienone is 1. The molecule has 2 aliphatic rings. The van der Waals surface area contributed by atoms with E-state index in [0.29, 0.717) is 36.3 Å². The maximum Gasteiger partial charge on any atom is 0.130 e. The molecule has 0 saturated heterocycles. The van der Waals surface area contributed by atoms with Crippen molar-refractivity contribution in [2.45, 2.75) is 192 Å². The molecule has 0 amide bonds. The molecule has 0 fully saturated rings. The molecule has 89 heavy (non-hydrogen) atoms. The van der Waals surface area contributed by atoms with E-state index in [-0.39, 0.29) is 23.7 Å². The first-order valence-electron chi connectivity index (χ1n) is 31.4. The Morgan fingerprint density at radius 2 is 0.933 bits per heavy atom. The maximum absolute atomic E-state index is 4.28. The molecule has 0 unspecified atom stereocenters. The van der Waals surface area contributed by atoms with Crippen molar-refractivity contribution in [3.05, 3.63) is 249 Å². The summed E-state index contributed by atoms with van der Waals surface area (Å²) in [7, 11) is 2.10. The number of thiazole rings is 1. The lowest BCUT2D eigenvalue weighted by Crippen LogP contribution is -2.21. The summed E-state index contributed by atoms with van der Waals surface area (Å²) in [6.45, 7) is 49.0. The molecular weight excluding hydrogens is 1110 g/mol. The normalized spacial score (nSPS) is 12.7. The summed E-state index contributed by atoms with van der Waals surface area (Å²) in [4.78, 5) is 31.6. The highest BCUT2D eigenvalue weighted by molar-refractivity contribution is 7.16. The molecule has 470 valence electrons. The highest BCUT2D eigenvalue weighted by Crippen LogP contribution is 2.47. The number of rotatable bonds is 5. The van der Waals surface area contributed by atoms with Crippen molar-refractivity contribution in [1.82, 2.24) is 24.9 Å². The van der Waals surface area contributed by atoms with Crippen LogP contribution in [0.3, 0.4) is 0 Å². The fourth-order valence-corrected chi connectivity index (χ4v) is 10.5. The molecule has 5 heterocycles. The molecule has 10 aromatic rings. The summed E-state index contributed by atoms with van der Waals surface area (Å²) in [5, 5.41) is 3.22. The van der Waals surface area contributed by atoms with Gasteiger partial charge in [-0.2, -0.15) is 0 Å². The second-order valence-corrected chi connectivity index (χ2v) is 28.2. The van der Waals surface area contributed by atoms with Crippen LogP contribution in [0.25, 0.3) is 32.2 Å². The van der Waals surface area contributed by atoms with Crippen LogP contribution in [0.1, 0.15) is 217 Å². The third-order valence-corrected chi connectivity index (χ3v) is 17.0. The number of fused-ring (bicyclic) bond motifs is 5. The zero-order valence-electron chi connectivity index (χ0n) is 57.0. The summed E-state index contributed by atoms with van der Waals surface area (Å²) in [6, 6.07) is 49.7. The fourth-order valence-electron chi connectivity index (χ4n) is 9.81. The Labute approximate surface area is 539 Å². The summed E-state index contributed by atoms with van der Waals surface area (Å²) >= 11 is 1.71. The van der Waals surface area contributed by atoms with Crippen LogP contribution in [-0.2, 0) is 16.2 Å². The first kappa shape index (κ1) is 72.0. The summed E-state index contributed by atoms with van der Waals surface area (Å²) in [6.07, 6.45) is 6.88. The Morgan fingerprint density at radius 1 is 0.483 bits per heavy atom. The predicted octanol–water partition coefficient (Wildman–Crippen LogP) is 21.2. The van der Waals surface area contributed by atoms with Crippen LogP contribution in [0, 0.1) is 13.8 Å². The van der Waals surface area contributed by atoms with Gasteiger partial charge in [0.1, 0.15) is 13.0 Å². The van der Waals surface area contributed by atoms with Gasteiger partial charge in [-0.25, -0.2) is 15.0 Å². The Balaban J connectivity index is 0.000000189. The van der Waals surface area contributed by atoms with Crippen LogP contribution in [0.2, 0.25) is 0 Å². The van der Waals surface area contributed by atoms with Crippen LogP contribution in [0.15, 0.2) is 192 Å². The van der Waals surface area contributed by atoms with Gasteiger partial charge in [-0.3, -0.25) is 20.0 Å². The SMILES string of the molecule is C.C=C1N(C)c2ccc(C(C)C)cc2C1(C)C.CC(C)c1ccc2c(c1)=NCN=2.CC(C)c1ccc2nccnc2c1.CC(C)c1ccc2ncncc2c1.CC(C)c1ccc2ncsc2c1.Cc1ccc(C(C)(C)C)cc1.Cc1ccc(C(C)(C)C)cc1.